The van der Waals surface area contributed by atoms with Crippen LogP contribution in [0.1, 0.15) is 10.5 Å². The Morgan fingerprint density at radius 1 is 1.17 bits per heavy atom. The topological polar surface area (TPSA) is 66.1 Å². The minimum absolute atomic E-state index is 0.320. The van der Waals surface area contributed by atoms with Gasteiger partial charge >= 0.3 is 0 Å². The first kappa shape index (κ1) is 17.5. The Bertz CT molecular complexity index is 652. The summed E-state index contributed by atoms with van der Waals surface area (Å²) in [5.74, 6) is 0.489. The van der Waals surface area contributed by atoms with Crippen LogP contribution >= 0.6 is 35.6 Å². The Labute approximate surface area is 149 Å². The molecule has 1 amide bonds. The molecule has 0 radical (unpaired) electrons. The van der Waals surface area contributed by atoms with E-state index in [1.165, 1.54) is 0 Å². The van der Waals surface area contributed by atoms with E-state index in [9.17, 15) is 4.79 Å². The van der Waals surface area contributed by atoms with E-state index in [0.717, 1.165) is 15.7 Å². The molecule has 1 aromatic heterocycles. The summed E-state index contributed by atoms with van der Waals surface area (Å²) in [5, 5.41) is 4.09. The highest BCUT2D eigenvalue weighted by Gasteiger charge is 2.05. The van der Waals surface area contributed by atoms with E-state index in [1.54, 1.807) is 36.2 Å². The van der Waals surface area contributed by atoms with Crippen LogP contribution in [0.15, 0.2) is 53.6 Å². The third-order valence-electron chi connectivity index (χ3n) is 2.66. The number of hydrogen-bond donors (Lipinski definition) is 3. The average molecular weight is 367 g/mol. The van der Waals surface area contributed by atoms with Crippen molar-refractivity contribution in [1.82, 2.24) is 21.2 Å². The standard InChI is InChI=1S/C15H15ClN4OS2/c16-11-4-6-12(7-5-11)23-10-9-18-15(22)20-19-14(21)13-3-1-2-8-17-13/h1-8H,9-10H2,(H,19,21)(H2,18,20,22). The van der Waals surface area contributed by atoms with Crippen LogP contribution in [0.5, 0.6) is 0 Å². The van der Waals surface area contributed by atoms with E-state index in [-0.39, 0.29) is 5.91 Å². The number of carbonyl (C=O) groups is 1. The number of aromatic nitrogens is 1. The number of thiocarbonyl (C=S) groups is 1. The van der Waals surface area contributed by atoms with Crippen LogP contribution < -0.4 is 16.2 Å². The molecule has 0 saturated carbocycles. The number of carbonyl (C=O) groups excluding carboxylic acids is 1. The maximum Gasteiger partial charge on any atom is 0.288 e. The summed E-state index contributed by atoms with van der Waals surface area (Å²) in [6, 6.07) is 12.8. The quantitative estimate of drug-likeness (QED) is 0.327. The second kappa shape index (κ2) is 9.34. The summed E-state index contributed by atoms with van der Waals surface area (Å²) in [6.07, 6.45) is 1.56. The highest BCUT2D eigenvalue weighted by atomic mass is 35.5. The first-order valence-electron chi connectivity index (χ1n) is 6.79. The van der Waals surface area contributed by atoms with E-state index in [1.807, 2.05) is 24.3 Å². The van der Waals surface area contributed by atoms with Gasteiger partial charge in [0.25, 0.3) is 5.91 Å². The number of amides is 1. The average Bonchev–Trinajstić information content (AvgIpc) is 2.59. The van der Waals surface area contributed by atoms with Gasteiger partial charge in [-0.15, -0.1) is 11.8 Å². The monoisotopic (exact) mass is 366 g/mol. The minimum Gasteiger partial charge on any atom is -0.361 e. The van der Waals surface area contributed by atoms with Crippen molar-refractivity contribution in [2.75, 3.05) is 12.3 Å². The molecule has 1 aromatic carbocycles. The van der Waals surface area contributed by atoms with Crippen molar-refractivity contribution in [3.05, 3.63) is 59.4 Å². The number of benzene rings is 1. The smallest absolute Gasteiger partial charge is 0.288 e. The molecule has 3 N–H and O–H groups in total. The number of thioether (sulfide) groups is 1. The van der Waals surface area contributed by atoms with Crippen LogP contribution in [0.25, 0.3) is 0 Å². The molecule has 23 heavy (non-hydrogen) atoms. The fraction of sp³-hybridized carbons (Fsp3) is 0.133. The molecule has 0 unspecified atom stereocenters. The molecule has 5 nitrogen and oxygen atoms in total. The fourth-order valence-corrected chi connectivity index (χ4v) is 2.63. The van der Waals surface area contributed by atoms with Crippen LogP contribution in [-0.2, 0) is 0 Å². The maximum atomic E-state index is 11.8. The summed E-state index contributed by atoms with van der Waals surface area (Å²) >= 11 is 12.6. The highest BCUT2D eigenvalue weighted by molar-refractivity contribution is 7.99. The number of pyridine rings is 1. The normalized spacial score (nSPS) is 9.96. The zero-order chi connectivity index (χ0) is 16.5. The van der Waals surface area contributed by atoms with Gasteiger partial charge in [0.2, 0.25) is 0 Å². The lowest BCUT2D eigenvalue weighted by Gasteiger charge is -2.11. The second-order valence-corrected chi connectivity index (χ2v) is 6.37. The Balaban J connectivity index is 1.62. The number of nitrogens with zero attached hydrogens (tertiary/aromatic N) is 1. The van der Waals surface area contributed by atoms with Gasteiger partial charge in [0.1, 0.15) is 5.69 Å². The number of halogens is 1. The van der Waals surface area contributed by atoms with E-state index < -0.39 is 0 Å². The number of hydrazine groups is 1. The fourth-order valence-electron chi connectivity index (χ4n) is 1.58. The van der Waals surface area contributed by atoms with Gasteiger partial charge in [0.15, 0.2) is 5.11 Å². The maximum absolute atomic E-state index is 11.8. The van der Waals surface area contributed by atoms with E-state index in [4.69, 9.17) is 23.8 Å². The van der Waals surface area contributed by atoms with Gasteiger partial charge in [-0.25, -0.2) is 0 Å². The number of hydrogen-bond acceptors (Lipinski definition) is 4. The molecule has 0 aliphatic heterocycles. The van der Waals surface area contributed by atoms with Gasteiger partial charge in [-0.1, -0.05) is 17.7 Å². The summed E-state index contributed by atoms with van der Waals surface area (Å²) in [6.45, 7) is 0.665. The molecule has 0 atom stereocenters. The van der Waals surface area contributed by atoms with Crippen LogP contribution in [0.2, 0.25) is 5.02 Å². The van der Waals surface area contributed by atoms with Gasteiger partial charge in [-0.3, -0.25) is 20.6 Å². The summed E-state index contributed by atoms with van der Waals surface area (Å²) in [7, 11) is 0. The van der Waals surface area contributed by atoms with E-state index in [2.05, 4.69) is 21.2 Å². The predicted octanol–water partition coefficient (Wildman–Crippen LogP) is 2.64. The Kier molecular flexibility index (Phi) is 7.12. The van der Waals surface area contributed by atoms with Gasteiger partial charge < -0.3 is 5.32 Å². The minimum atomic E-state index is -0.342. The molecule has 2 rings (SSSR count). The van der Waals surface area contributed by atoms with Crippen molar-refractivity contribution >= 4 is 46.6 Å². The second-order valence-electron chi connectivity index (χ2n) is 4.35. The van der Waals surface area contributed by atoms with Crippen molar-refractivity contribution in [1.29, 1.82) is 0 Å². The van der Waals surface area contributed by atoms with Crippen LogP contribution in [0.4, 0.5) is 0 Å². The number of rotatable bonds is 5. The molecule has 0 saturated heterocycles. The SMILES string of the molecule is O=C(NNC(=S)NCCSc1ccc(Cl)cc1)c1ccccn1. The zero-order valence-corrected chi connectivity index (χ0v) is 14.5. The predicted molar refractivity (Wildman–Crippen MR) is 97.6 cm³/mol. The van der Waals surface area contributed by atoms with Gasteiger partial charge in [0.05, 0.1) is 0 Å². The van der Waals surface area contributed by atoms with Gasteiger partial charge in [0, 0.05) is 28.4 Å². The molecular formula is C15H15ClN4OS2. The highest BCUT2D eigenvalue weighted by Crippen LogP contribution is 2.19. The molecule has 0 spiro atoms. The van der Waals surface area contributed by atoms with Crippen LogP contribution in [0, 0.1) is 0 Å². The van der Waals surface area contributed by atoms with Gasteiger partial charge in [-0.2, -0.15) is 0 Å². The third kappa shape index (κ3) is 6.43. The molecule has 2 aromatic rings. The molecule has 0 aliphatic rings. The van der Waals surface area contributed by atoms with E-state index >= 15 is 0 Å². The number of nitrogens with one attached hydrogen (secondary N) is 3. The zero-order valence-electron chi connectivity index (χ0n) is 12.1. The summed E-state index contributed by atoms with van der Waals surface area (Å²) in [5.41, 5.74) is 5.45. The molecule has 120 valence electrons. The lowest BCUT2D eigenvalue weighted by atomic mass is 10.3. The lowest BCUT2D eigenvalue weighted by Crippen LogP contribution is -2.47. The first-order chi connectivity index (χ1) is 11.1. The molecular weight excluding hydrogens is 352 g/mol. The Morgan fingerprint density at radius 2 is 1.96 bits per heavy atom. The molecule has 1 heterocycles. The lowest BCUT2D eigenvalue weighted by molar-refractivity contribution is 0.0938. The summed E-state index contributed by atoms with van der Waals surface area (Å²) < 4.78 is 0. The molecule has 0 fully saturated rings. The molecule has 0 bridgehead atoms. The van der Waals surface area contributed by atoms with Crippen molar-refractivity contribution < 1.29 is 4.79 Å². The van der Waals surface area contributed by atoms with Crippen molar-refractivity contribution in [2.24, 2.45) is 0 Å². The van der Waals surface area contributed by atoms with Crippen LogP contribution in [-0.4, -0.2) is 28.3 Å². The molecule has 0 aliphatic carbocycles. The Hall–Kier alpha value is -1.83. The third-order valence-corrected chi connectivity index (χ3v) is 4.17. The Morgan fingerprint density at radius 3 is 2.65 bits per heavy atom. The molecule has 8 heteroatoms. The summed E-state index contributed by atoms with van der Waals surface area (Å²) in [4.78, 5) is 16.8. The van der Waals surface area contributed by atoms with Crippen molar-refractivity contribution in [3.8, 4) is 0 Å². The van der Waals surface area contributed by atoms with Crippen molar-refractivity contribution in [2.45, 2.75) is 4.90 Å². The van der Waals surface area contributed by atoms with Gasteiger partial charge in [-0.05, 0) is 48.6 Å². The van der Waals surface area contributed by atoms with E-state index in [0.29, 0.717) is 17.4 Å². The largest absolute Gasteiger partial charge is 0.361 e. The first-order valence-corrected chi connectivity index (χ1v) is 8.56. The van der Waals surface area contributed by atoms with Crippen LogP contribution in [0.3, 0.4) is 0 Å². The van der Waals surface area contributed by atoms with Crippen molar-refractivity contribution in [3.63, 3.8) is 0 Å².